The first-order valence-corrected chi connectivity index (χ1v) is 7.72. The van der Waals surface area contributed by atoms with E-state index in [2.05, 4.69) is 10.3 Å². The van der Waals surface area contributed by atoms with Crippen LogP contribution in [0, 0.1) is 20.2 Å². The van der Waals surface area contributed by atoms with E-state index in [-0.39, 0.29) is 5.56 Å². The molecular formula is C17H13N5O5. The highest BCUT2D eigenvalue weighted by molar-refractivity contribution is 6.05. The second kappa shape index (κ2) is 7.44. The summed E-state index contributed by atoms with van der Waals surface area (Å²) in [6.07, 6.45) is 5.18. The molecule has 0 spiro atoms. The van der Waals surface area contributed by atoms with Gasteiger partial charge in [-0.05, 0) is 17.7 Å². The molecule has 10 heteroatoms. The van der Waals surface area contributed by atoms with Gasteiger partial charge in [-0.2, -0.15) is 0 Å². The highest BCUT2D eigenvalue weighted by Gasteiger charge is 2.20. The third kappa shape index (κ3) is 4.31. The number of imidazole rings is 1. The van der Waals surface area contributed by atoms with Gasteiger partial charge in [0.15, 0.2) is 0 Å². The standard InChI is InChI=1S/C17H13N5O5/c23-17(13-7-15(21(24)25)9-16(8-13)22(26)27)19-14-3-1-12(2-4-14)10-20-6-5-18-11-20/h1-9,11H,10H2,(H,19,23). The number of rotatable bonds is 6. The minimum Gasteiger partial charge on any atom is -0.333 e. The van der Waals surface area contributed by atoms with Crippen LogP contribution in [0.5, 0.6) is 0 Å². The Morgan fingerprint density at radius 3 is 2.19 bits per heavy atom. The average Bonchev–Trinajstić information content (AvgIpc) is 3.16. The Kier molecular flexibility index (Phi) is 4.88. The number of anilines is 1. The molecule has 0 saturated carbocycles. The fourth-order valence-electron chi connectivity index (χ4n) is 2.42. The lowest BCUT2D eigenvalue weighted by Crippen LogP contribution is -2.12. The third-order valence-electron chi connectivity index (χ3n) is 3.72. The summed E-state index contributed by atoms with van der Waals surface area (Å²) in [6, 6.07) is 9.77. The molecule has 2 aromatic carbocycles. The number of amides is 1. The van der Waals surface area contributed by atoms with Crippen molar-refractivity contribution in [1.82, 2.24) is 9.55 Å². The van der Waals surface area contributed by atoms with Crippen LogP contribution in [0.4, 0.5) is 17.1 Å². The molecule has 1 N–H and O–H groups in total. The zero-order valence-electron chi connectivity index (χ0n) is 13.8. The van der Waals surface area contributed by atoms with Crippen molar-refractivity contribution in [1.29, 1.82) is 0 Å². The number of hydrogen-bond acceptors (Lipinski definition) is 6. The summed E-state index contributed by atoms with van der Waals surface area (Å²) >= 11 is 0. The molecule has 1 heterocycles. The van der Waals surface area contributed by atoms with E-state index in [1.54, 1.807) is 24.7 Å². The third-order valence-corrected chi connectivity index (χ3v) is 3.72. The lowest BCUT2D eigenvalue weighted by atomic mass is 10.1. The van der Waals surface area contributed by atoms with Crippen LogP contribution in [0.1, 0.15) is 15.9 Å². The molecule has 0 atom stereocenters. The number of benzene rings is 2. The zero-order chi connectivity index (χ0) is 19.4. The number of aromatic nitrogens is 2. The Morgan fingerprint density at radius 1 is 1.04 bits per heavy atom. The van der Waals surface area contributed by atoms with E-state index in [9.17, 15) is 25.0 Å². The zero-order valence-corrected chi connectivity index (χ0v) is 13.8. The Hall–Kier alpha value is -4.08. The predicted molar refractivity (Wildman–Crippen MR) is 95.5 cm³/mol. The first-order valence-electron chi connectivity index (χ1n) is 7.72. The van der Waals surface area contributed by atoms with Crippen LogP contribution in [0.2, 0.25) is 0 Å². The van der Waals surface area contributed by atoms with Gasteiger partial charge in [-0.3, -0.25) is 25.0 Å². The monoisotopic (exact) mass is 367 g/mol. The first-order chi connectivity index (χ1) is 12.9. The van der Waals surface area contributed by atoms with Gasteiger partial charge in [-0.25, -0.2) is 4.98 Å². The number of non-ortho nitro benzene ring substituents is 2. The van der Waals surface area contributed by atoms with Crippen LogP contribution in [-0.2, 0) is 6.54 Å². The first kappa shape index (κ1) is 17.7. The molecule has 1 amide bonds. The second-order valence-corrected chi connectivity index (χ2v) is 5.64. The molecule has 3 rings (SSSR count). The van der Waals surface area contributed by atoms with Gasteiger partial charge in [0.2, 0.25) is 0 Å². The van der Waals surface area contributed by atoms with Crippen molar-refractivity contribution in [3.05, 3.63) is 92.5 Å². The molecule has 0 bridgehead atoms. The lowest BCUT2D eigenvalue weighted by molar-refractivity contribution is -0.394. The van der Waals surface area contributed by atoms with Gasteiger partial charge in [0.1, 0.15) is 0 Å². The summed E-state index contributed by atoms with van der Waals surface area (Å²) in [4.78, 5) is 36.6. The minimum atomic E-state index is -0.783. The van der Waals surface area contributed by atoms with Crippen LogP contribution < -0.4 is 5.32 Å². The quantitative estimate of drug-likeness (QED) is 0.526. The molecule has 1 aromatic heterocycles. The van der Waals surface area contributed by atoms with Crippen molar-refractivity contribution in [2.45, 2.75) is 6.54 Å². The summed E-state index contributed by atoms with van der Waals surface area (Å²) < 4.78 is 1.88. The molecule has 0 aliphatic rings. The molecule has 136 valence electrons. The SMILES string of the molecule is O=C(Nc1ccc(Cn2ccnc2)cc1)c1cc([N+](=O)[O-])cc([N+](=O)[O-])c1. The summed E-state index contributed by atoms with van der Waals surface area (Å²) in [5.41, 5.74) is 0.231. The van der Waals surface area contributed by atoms with Gasteiger partial charge in [0, 0.05) is 36.8 Å². The van der Waals surface area contributed by atoms with Crippen molar-refractivity contribution in [2.24, 2.45) is 0 Å². The van der Waals surface area contributed by atoms with Gasteiger partial charge in [0.25, 0.3) is 17.3 Å². The number of carbonyl (C=O) groups excluding carboxylic acids is 1. The fourth-order valence-corrected chi connectivity index (χ4v) is 2.42. The second-order valence-electron chi connectivity index (χ2n) is 5.64. The summed E-state index contributed by atoms with van der Waals surface area (Å²) in [5, 5.41) is 24.4. The number of hydrogen-bond donors (Lipinski definition) is 1. The normalized spacial score (nSPS) is 10.4. The highest BCUT2D eigenvalue weighted by Crippen LogP contribution is 2.23. The van der Waals surface area contributed by atoms with E-state index in [4.69, 9.17) is 0 Å². The number of nitro benzene ring substituents is 2. The van der Waals surface area contributed by atoms with Crippen molar-refractivity contribution in [3.63, 3.8) is 0 Å². The molecule has 0 radical (unpaired) electrons. The van der Waals surface area contributed by atoms with Crippen LogP contribution in [0.15, 0.2) is 61.2 Å². The Balaban J connectivity index is 1.76. The van der Waals surface area contributed by atoms with Gasteiger partial charge < -0.3 is 9.88 Å². The van der Waals surface area contributed by atoms with E-state index in [0.717, 1.165) is 23.8 Å². The predicted octanol–water partition coefficient (Wildman–Crippen LogP) is 3.00. The maximum absolute atomic E-state index is 12.3. The topological polar surface area (TPSA) is 133 Å². The molecule has 0 aliphatic carbocycles. The minimum absolute atomic E-state index is 0.168. The van der Waals surface area contributed by atoms with E-state index in [0.29, 0.717) is 12.2 Å². The average molecular weight is 367 g/mol. The number of carbonyl (C=O) groups is 1. The number of nitrogens with zero attached hydrogens (tertiary/aromatic N) is 4. The maximum atomic E-state index is 12.3. The van der Waals surface area contributed by atoms with Crippen LogP contribution in [0.3, 0.4) is 0 Å². The van der Waals surface area contributed by atoms with Crippen molar-refractivity contribution in [2.75, 3.05) is 5.32 Å². The molecule has 0 fully saturated rings. The van der Waals surface area contributed by atoms with Gasteiger partial charge in [-0.15, -0.1) is 0 Å². The molecule has 0 unspecified atom stereocenters. The van der Waals surface area contributed by atoms with Crippen molar-refractivity contribution >= 4 is 23.0 Å². The van der Waals surface area contributed by atoms with E-state index in [1.807, 2.05) is 22.9 Å². The summed E-state index contributed by atoms with van der Waals surface area (Å²) in [5.74, 6) is -0.677. The Labute approximate surface area is 152 Å². The van der Waals surface area contributed by atoms with Crippen molar-refractivity contribution in [3.8, 4) is 0 Å². The van der Waals surface area contributed by atoms with Crippen LogP contribution in [0.25, 0.3) is 0 Å². The summed E-state index contributed by atoms with van der Waals surface area (Å²) in [7, 11) is 0. The fraction of sp³-hybridized carbons (Fsp3) is 0.0588. The Bertz CT molecular complexity index is 967. The number of nitrogens with one attached hydrogen (secondary N) is 1. The Morgan fingerprint density at radius 2 is 1.67 bits per heavy atom. The highest BCUT2D eigenvalue weighted by atomic mass is 16.6. The largest absolute Gasteiger partial charge is 0.333 e. The number of nitro groups is 2. The van der Waals surface area contributed by atoms with Crippen LogP contribution >= 0.6 is 0 Å². The molecule has 0 saturated heterocycles. The maximum Gasteiger partial charge on any atom is 0.277 e. The van der Waals surface area contributed by atoms with Gasteiger partial charge >= 0.3 is 0 Å². The molecule has 3 aromatic rings. The molecular weight excluding hydrogens is 354 g/mol. The van der Waals surface area contributed by atoms with E-state index < -0.39 is 27.1 Å². The lowest BCUT2D eigenvalue weighted by Gasteiger charge is -2.07. The van der Waals surface area contributed by atoms with Crippen LogP contribution in [-0.4, -0.2) is 25.3 Å². The van der Waals surface area contributed by atoms with Crippen molar-refractivity contribution < 1.29 is 14.6 Å². The summed E-state index contributed by atoms with van der Waals surface area (Å²) in [6.45, 7) is 0.616. The molecule has 10 nitrogen and oxygen atoms in total. The van der Waals surface area contributed by atoms with E-state index in [1.165, 1.54) is 0 Å². The van der Waals surface area contributed by atoms with E-state index >= 15 is 0 Å². The molecule has 27 heavy (non-hydrogen) atoms. The molecule has 0 aliphatic heterocycles. The smallest absolute Gasteiger partial charge is 0.277 e. The van der Waals surface area contributed by atoms with Gasteiger partial charge in [0.05, 0.1) is 27.8 Å². The van der Waals surface area contributed by atoms with Gasteiger partial charge in [-0.1, -0.05) is 12.1 Å².